The molecular formula is C18H22FN3OS. The number of thiazole rings is 1. The van der Waals surface area contributed by atoms with Crippen molar-refractivity contribution in [3.05, 3.63) is 51.2 Å². The number of aryl methyl sites for hydroxylation is 1. The van der Waals surface area contributed by atoms with Crippen molar-refractivity contribution in [3.8, 4) is 0 Å². The van der Waals surface area contributed by atoms with Gasteiger partial charge in [0.25, 0.3) is 5.91 Å². The zero-order valence-electron chi connectivity index (χ0n) is 13.8. The molecule has 1 fully saturated rings. The first-order chi connectivity index (χ1) is 11.6. The van der Waals surface area contributed by atoms with Gasteiger partial charge in [-0.1, -0.05) is 12.1 Å². The summed E-state index contributed by atoms with van der Waals surface area (Å²) in [6.07, 6.45) is 3.19. The third kappa shape index (κ3) is 4.39. The van der Waals surface area contributed by atoms with Gasteiger partial charge in [-0.05, 0) is 57.0 Å². The fourth-order valence-electron chi connectivity index (χ4n) is 2.91. The molecule has 0 radical (unpaired) electrons. The molecule has 3 rings (SSSR count). The lowest BCUT2D eigenvalue weighted by Gasteiger charge is -2.11. The highest BCUT2D eigenvalue weighted by Crippen LogP contribution is 2.21. The van der Waals surface area contributed by atoms with Crippen molar-refractivity contribution in [3.63, 3.8) is 0 Å². The Morgan fingerprint density at radius 3 is 2.71 bits per heavy atom. The van der Waals surface area contributed by atoms with E-state index in [4.69, 9.17) is 0 Å². The lowest BCUT2D eigenvalue weighted by Crippen LogP contribution is -2.25. The van der Waals surface area contributed by atoms with E-state index in [2.05, 4.69) is 15.2 Å². The van der Waals surface area contributed by atoms with Gasteiger partial charge in [0.1, 0.15) is 15.7 Å². The largest absolute Gasteiger partial charge is 0.351 e. The van der Waals surface area contributed by atoms with Crippen LogP contribution in [-0.4, -0.2) is 35.4 Å². The number of benzene rings is 1. The van der Waals surface area contributed by atoms with E-state index in [0.29, 0.717) is 17.8 Å². The van der Waals surface area contributed by atoms with Crippen molar-refractivity contribution in [1.82, 2.24) is 15.2 Å². The van der Waals surface area contributed by atoms with E-state index in [9.17, 15) is 9.18 Å². The van der Waals surface area contributed by atoms with Crippen LogP contribution in [0.5, 0.6) is 0 Å². The highest BCUT2D eigenvalue weighted by Gasteiger charge is 2.18. The average Bonchev–Trinajstić information content (AvgIpc) is 3.19. The van der Waals surface area contributed by atoms with Gasteiger partial charge < -0.3 is 5.32 Å². The van der Waals surface area contributed by atoms with E-state index in [1.807, 2.05) is 6.92 Å². The Labute approximate surface area is 145 Å². The first-order valence-electron chi connectivity index (χ1n) is 8.33. The predicted molar refractivity (Wildman–Crippen MR) is 93.8 cm³/mol. The fourth-order valence-corrected chi connectivity index (χ4v) is 3.94. The molecule has 1 N–H and O–H groups in total. The zero-order valence-corrected chi connectivity index (χ0v) is 14.7. The third-order valence-electron chi connectivity index (χ3n) is 4.22. The molecular weight excluding hydrogens is 325 g/mol. The second kappa shape index (κ2) is 7.85. The van der Waals surface area contributed by atoms with Gasteiger partial charge >= 0.3 is 0 Å². The number of hydrogen-bond donors (Lipinski definition) is 1. The summed E-state index contributed by atoms with van der Waals surface area (Å²) >= 11 is 1.49. The summed E-state index contributed by atoms with van der Waals surface area (Å²) in [6.45, 7) is 5.51. The van der Waals surface area contributed by atoms with Gasteiger partial charge in [0, 0.05) is 6.54 Å². The maximum atomic E-state index is 12.9. The molecule has 6 heteroatoms. The molecule has 2 heterocycles. The minimum absolute atomic E-state index is 0.0696. The second-order valence-electron chi connectivity index (χ2n) is 6.14. The summed E-state index contributed by atoms with van der Waals surface area (Å²) < 4.78 is 12.9. The van der Waals surface area contributed by atoms with Crippen molar-refractivity contribution in [1.29, 1.82) is 0 Å². The highest BCUT2D eigenvalue weighted by molar-refractivity contribution is 7.13. The number of aromatic nitrogens is 1. The van der Waals surface area contributed by atoms with Crippen LogP contribution in [0.2, 0.25) is 0 Å². The Balaban J connectivity index is 1.52. The quantitative estimate of drug-likeness (QED) is 0.873. The number of likely N-dealkylation sites (tertiary alicyclic amines) is 1. The van der Waals surface area contributed by atoms with Crippen LogP contribution in [0, 0.1) is 12.7 Å². The number of nitrogens with one attached hydrogen (secondary N) is 1. The van der Waals surface area contributed by atoms with E-state index in [0.717, 1.165) is 35.9 Å². The lowest BCUT2D eigenvalue weighted by molar-refractivity contribution is 0.0957. The molecule has 1 aliphatic heterocycles. The number of hydrogen-bond acceptors (Lipinski definition) is 4. The van der Waals surface area contributed by atoms with E-state index in [1.165, 1.54) is 36.3 Å². The van der Waals surface area contributed by atoms with Gasteiger partial charge in [0.05, 0.1) is 12.2 Å². The zero-order chi connectivity index (χ0) is 16.9. The van der Waals surface area contributed by atoms with Crippen LogP contribution in [0.15, 0.2) is 24.3 Å². The Bertz CT molecular complexity index is 693. The van der Waals surface area contributed by atoms with E-state index in [-0.39, 0.29) is 11.7 Å². The Morgan fingerprint density at radius 1 is 1.29 bits per heavy atom. The summed E-state index contributed by atoms with van der Waals surface area (Å²) in [5.41, 5.74) is 1.81. The van der Waals surface area contributed by atoms with Crippen LogP contribution in [-0.2, 0) is 13.0 Å². The summed E-state index contributed by atoms with van der Waals surface area (Å²) in [7, 11) is 0. The summed E-state index contributed by atoms with van der Waals surface area (Å²) in [6, 6.07) is 6.37. The van der Waals surface area contributed by atoms with E-state index < -0.39 is 0 Å². The van der Waals surface area contributed by atoms with Crippen LogP contribution in [0.4, 0.5) is 4.39 Å². The number of carbonyl (C=O) groups excluding carboxylic acids is 1. The Hall–Kier alpha value is -1.79. The molecule has 128 valence electrons. The molecule has 4 nitrogen and oxygen atoms in total. The summed E-state index contributed by atoms with van der Waals surface area (Å²) in [5.74, 6) is -0.312. The van der Waals surface area contributed by atoms with Gasteiger partial charge in [-0.2, -0.15) is 0 Å². The minimum Gasteiger partial charge on any atom is -0.351 e. The number of carbonyl (C=O) groups is 1. The molecule has 0 unspecified atom stereocenters. The number of halogens is 1. The maximum absolute atomic E-state index is 12.9. The van der Waals surface area contributed by atoms with Crippen molar-refractivity contribution >= 4 is 17.2 Å². The number of rotatable bonds is 6. The molecule has 1 saturated heterocycles. The van der Waals surface area contributed by atoms with E-state index in [1.54, 1.807) is 12.1 Å². The molecule has 1 amide bonds. The first-order valence-corrected chi connectivity index (χ1v) is 9.15. The van der Waals surface area contributed by atoms with Gasteiger partial charge in [0.15, 0.2) is 0 Å². The monoisotopic (exact) mass is 347 g/mol. The van der Waals surface area contributed by atoms with Gasteiger partial charge in [-0.25, -0.2) is 9.37 Å². The van der Waals surface area contributed by atoms with Gasteiger partial charge in [0.2, 0.25) is 0 Å². The molecule has 1 aromatic heterocycles. The normalized spacial score (nSPS) is 14.9. The lowest BCUT2D eigenvalue weighted by atomic mass is 10.1. The predicted octanol–water partition coefficient (Wildman–Crippen LogP) is 3.16. The van der Waals surface area contributed by atoms with Crippen LogP contribution >= 0.6 is 11.3 Å². The standard InChI is InChI=1S/C18H22FN3OS/c1-13-17(24-16(21-13)12-22-10-2-3-11-22)18(23)20-9-8-14-4-6-15(19)7-5-14/h4-7H,2-3,8-12H2,1H3,(H,20,23). The molecule has 1 aliphatic rings. The van der Waals surface area contributed by atoms with Crippen molar-refractivity contribution in [2.24, 2.45) is 0 Å². The molecule has 2 aromatic rings. The third-order valence-corrected chi connectivity index (χ3v) is 5.36. The molecule has 1 aromatic carbocycles. The van der Waals surface area contributed by atoms with Crippen molar-refractivity contribution in [2.45, 2.75) is 32.7 Å². The summed E-state index contributed by atoms with van der Waals surface area (Å²) in [4.78, 5) is 20.0. The van der Waals surface area contributed by atoms with Gasteiger partial charge in [-0.15, -0.1) is 11.3 Å². The Morgan fingerprint density at radius 2 is 2.00 bits per heavy atom. The number of amides is 1. The molecule has 0 aliphatic carbocycles. The second-order valence-corrected chi connectivity index (χ2v) is 7.22. The minimum atomic E-state index is -0.242. The molecule has 0 spiro atoms. The van der Waals surface area contributed by atoms with Gasteiger partial charge in [-0.3, -0.25) is 9.69 Å². The van der Waals surface area contributed by atoms with Crippen LogP contribution in [0.3, 0.4) is 0 Å². The SMILES string of the molecule is Cc1nc(CN2CCCC2)sc1C(=O)NCCc1ccc(F)cc1. The molecule has 24 heavy (non-hydrogen) atoms. The smallest absolute Gasteiger partial charge is 0.263 e. The fraction of sp³-hybridized carbons (Fsp3) is 0.444. The van der Waals surface area contributed by atoms with Crippen LogP contribution in [0.1, 0.15) is 38.8 Å². The molecule has 0 saturated carbocycles. The van der Waals surface area contributed by atoms with Crippen molar-refractivity contribution in [2.75, 3.05) is 19.6 Å². The average molecular weight is 347 g/mol. The molecule has 0 atom stereocenters. The summed E-state index contributed by atoms with van der Waals surface area (Å²) in [5, 5.41) is 3.95. The Kier molecular flexibility index (Phi) is 5.58. The van der Waals surface area contributed by atoms with Crippen LogP contribution < -0.4 is 5.32 Å². The first kappa shape index (κ1) is 17.0. The molecule has 0 bridgehead atoms. The van der Waals surface area contributed by atoms with Crippen LogP contribution in [0.25, 0.3) is 0 Å². The highest BCUT2D eigenvalue weighted by atomic mass is 32.1. The number of nitrogens with zero attached hydrogens (tertiary/aromatic N) is 2. The van der Waals surface area contributed by atoms with E-state index >= 15 is 0 Å². The topological polar surface area (TPSA) is 45.2 Å². The maximum Gasteiger partial charge on any atom is 0.263 e. The van der Waals surface area contributed by atoms with Crippen molar-refractivity contribution < 1.29 is 9.18 Å².